The first-order chi connectivity index (χ1) is 18.0. The number of aliphatic hydroxyl groups excluding tert-OH is 1. The van der Waals surface area contributed by atoms with Crippen molar-refractivity contribution in [3.8, 4) is 0 Å². The highest BCUT2D eigenvalue weighted by Crippen LogP contribution is 2.53. The van der Waals surface area contributed by atoms with Crippen LogP contribution in [0.5, 0.6) is 0 Å². The maximum Gasteiger partial charge on any atom is 0.312 e. The van der Waals surface area contributed by atoms with E-state index in [1.807, 2.05) is 24.3 Å². The highest BCUT2D eigenvalue weighted by molar-refractivity contribution is 6.30. The fraction of sp³-hybridized carbons (Fsp3) is 0.536. The Labute approximate surface area is 221 Å². The predicted molar refractivity (Wildman–Crippen MR) is 138 cm³/mol. The van der Waals surface area contributed by atoms with Gasteiger partial charge in [-0.05, 0) is 62.8 Å². The van der Waals surface area contributed by atoms with Crippen LogP contribution in [-0.2, 0) is 23.9 Å². The number of benzene rings is 1. The molecule has 9 heteroatoms. The van der Waals surface area contributed by atoms with Gasteiger partial charge in [-0.15, -0.1) is 0 Å². The lowest BCUT2D eigenvalue weighted by Crippen LogP contribution is -2.55. The molecule has 0 aliphatic carbocycles. The second-order valence-electron chi connectivity index (χ2n) is 10.1. The van der Waals surface area contributed by atoms with Gasteiger partial charge < -0.3 is 24.4 Å². The SMILES string of the molecule is O=C1OCCCC/C=C\[C@H]2O[C@]34C=CCN(c5ccc(Cl)cc5)C(=O)C3N(CCCCCO)C(=O)[C@@H]4[C@@H]12. The summed E-state index contributed by atoms with van der Waals surface area (Å²) in [5.74, 6) is -2.66. The van der Waals surface area contributed by atoms with E-state index in [1.165, 1.54) is 0 Å². The van der Waals surface area contributed by atoms with Gasteiger partial charge in [0.2, 0.25) is 5.91 Å². The van der Waals surface area contributed by atoms with Crippen molar-refractivity contribution in [3.05, 3.63) is 53.6 Å². The first-order valence-electron chi connectivity index (χ1n) is 13.1. The number of fused-ring (bicyclic) bond motifs is 2. The molecular weight excluding hydrogens is 496 g/mol. The number of allylic oxidation sites excluding steroid dienone is 1. The van der Waals surface area contributed by atoms with E-state index in [-0.39, 0.29) is 18.4 Å². The van der Waals surface area contributed by atoms with Gasteiger partial charge in [0.15, 0.2) is 0 Å². The van der Waals surface area contributed by atoms with E-state index >= 15 is 0 Å². The topological polar surface area (TPSA) is 96.4 Å². The number of carbonyl (C=O) groups is 3. The molecule has 1 N–H and O–H groups in total. The Kier molecular flexibility index (Phi) is 7.70. The zero-order chi connectivity index (χ0) is 26.0. The second-order valence-corrected chi connectivity index (χ2v) is 10.5. The molecule has 2 fully saturated rings. The molecule has 1 unspecified atom stereocenters. The van der Waals surface area contributed by atoms with Gasteiger partial charge in [0.25, 0.3) is 5.91 Å². The highest BCUT2D eigenvalue weighted by atomic mass is 35.5. The van der Waals surface area contributed by atoms with E-state index in [9.17, 15) is 19.5 Å². The number of carbonyl (C=O) groups excluding carboxylic acids is 3. The summed E-state index contributed by atoms with van der Waals surface area (Å²) in [6.07, 6.45) is 11.3. The van der Waals surface area contributed by atoms with Crippen molar-refractivity contribution in [1.82, 2.24) is 4.90 Å². The molecule has 0 bridgehead atoms. The largest absolute Gasteiger partial charge is 0.465 e. The van der Waals surface area contributed by atoms with Crippen LogP contribution < -0.4 is 4.90 Å². The Morgan fingerprint density at radius 2 is 1.84 bits per heavy atom. The molecule has 37 heavy (non-hydrogen) atoms. The number of anilines is 1. The Morgan fingerprint density at radius 1 is 1.03 bits per heavy atom. The summed E-state index contributed by atoms with van der Waals surface area (Å²) < 4.78 is 12.2. The quantitative estimate of drug-likeness (QED) is 0.346. The third-order valence-corrected chi connectivity index (χ3v) is 8.05. The van der Waals surface area contributed by atoms with Crippen LogP contribution in [0.25, 0.3) is 0 Å². The third kappa shape index (κ3) is 4.71. The average Bonchev–Trinajstić information content (AvgIpc) is 3.27. The molecule has 5 rings (SSSR count). The molecule has 2 saturated heterocycles. The number of hydrogen-bond donors (Lipinski definition) is 1. The van der Waals surface area contributed by atoms with Crippen LogP contribution in [-0.4, -0.2) is 71.8 Å². The molecule has 8 nitrogen and oxygen atoms in total. The van der Waals surface area contributed by atoms with Crippen molar-refractivity contribution in [2.75, 3.05) is 31.2 Å². The molecule has 0 aromatic heterocycles. The van der Waals surface area contributed by atoms with Crippen LogP contribution in [0.15, 0.2) is 48.6 Å². The molecule has 4 aliphatic heterocycles. The standard InChI is InChI=1S/C28H33ClN2O6/c29-19-10-12-20(13-11-19)30-16-8-14-28-23(22-21(37-28)9-4-1-2-7-18-36-27(22)35)25(33)31(24(28)26(30)34)15-5-3-6-17-32/h4,8-14,21-24,32H,1-3,5-7,15-18H2/b9-4-/t21-,22+,23+,24?,28+/m1/s1. The Balaban J connectivity index is 1.55. The number of aliphatic hydroxyl groups is 1. The maximum absolute atomic E-state index is 14.2. The molecular formula is C28H33ClN2O6. The van der Waals surface area contributed by atoms with Crippen molar-refractivity contribution in [3.63, 3.8) is 0 Å². The van der Waals surface area contributed by atoms with E-state index in [4.69, 9.17) is 21.1 Å². The zero-order valence-electron chi connectivity index (χ0n) is 20.8. The number of cyclic esters (lactones) is 1. The van der Waals surface area contributed by atoms with Crippen molar-refractivity contribution < 1.29 is 29.0 Å². The Hall–Kier alpha value is -2.68. The minimum absolute atomic E-state index is 0.0704. The first kappa shape index (κ1) is 25.9. The molecule has 0 radical (unpaired) electrons. The number of nitrogens with zero attached hydrogens (tertiary/aromatic N) is 2. The summed E-state index contributed by atoms with van der Waals surface area (Å²) in [6.45, 7) is 1.01. The van der Waals surface area contributed by atoms with Gasteiger partial charge in [-0.2, -0.15) is 0 Å². The van der Waals surface area contributed by atoms with Crippen molar-refractivity contribution in [2.45, 2.75) is 56.3 Å². The van der Waals surface area contributed by atoms with Crippen molar-refractivity contribution >= 4 is 35.1 Å². The van der Waals surface area contributed by atoms with Crippen molar-refractivity contribution in [2.24, 2.45) is 11.8 Å². The average molecular weight is 529 g/mol. The summed E-state index contributed by atoms with van der Waals surface area (Å²) in [7, 11) is 0. The molecule has 5 atom stereocenters. The van der Waals surface area contributed by atoms with E-state index in [2.05, 4.69) is 0 Å². The Morgan fingerprint density at radius 3 is 2.62 bits per heavy atom. The van der Waals surface area contributed by atoms with Crippen LogP contribution in [0.3, 0.4) is 0 Å². The van der Waals surface area contributed by atoms with Gasteiger partial charge in [0, 0.05) is 30.4 Å². The molecule has 4 heterocycles. The summed E-state index contributed by atoms with van der Waals surface area (Å²) in [5.41, 5.74) is -0.609. The van der Waals surface area contributed by atoms with E-state index in [1.54, 1.807) is 34.1 Å². The van der Waals surface area contributed by atoms with Crippen LogP contribution in [0.1, 0.15) is 38.5 Å². The monoisotopic (exact) mass is 528 g/mol. The zero-order valence-corrected chi connectivity index (χ0v) is 21.5. The van der Waals surface area contributed by atoms with Crippen LogP contribution in [0.4, 0.5) is 5.69 Å². The smallest absolute Gasteiger partial charge is 0.312 e. The van der Waals surface area contributed by atoms with Gasteiger partial charge >= 0.3 is 5.97 Å². The molecule has 1 aromatic rings. The lowest BCUT2D eigenvalue weighted by molar-refractivity contribution is -0.154. The molecule has 4 aliphatic rings. The molecule has 1 aromatic carbocycles. The number of amides is 2. The lowest BCUT2D eigenvalue weighted by atomic mass is 9.78. The Bertz CT molecular complexity index is 1090. The minimum atomic E-state index is -1.28. The van der Waals surface area contributed by atoms with Gasteiger partial charge in [-0.3, -0.25) is 14.4 Å². The normalized spacial score (nSPS) is 32.4. The number of likely N-dealkylation sites (tertiary alicyclic amines) is 1. The molecule has 1 spiro atoms. The van der Waals surface area contributed by atoms with E-state index < -0.39 is 35.6 Å². The number of halogens is 1. The summed E-state index contributed by atoms with van der Waals surface area (Å²) in [6, 6.07) is 6.09. The summed E-state index contributed by atoms with van der Waals surface area (Å²) in [5, 5.41) is 9.76. The third-order valence-electron chi connectivity index (χ3n) is 7.80. The number of ether oxygens (including phenoxy) is 2. The highest BCUT2D eigenvalue weighted by Gasteiger charge is 2.71. The van der Waals surface area contributed by atoms with Gasteiger partial charge in [0.1, 0.15) is 17.6 Å². The van der Waals surface area contributed by atoms with Crippen LogP contribution in [0.2, 0.25) is 5.02 Å². The molecule has 0 saturated carbocycles. The minimum Gasteiger partial charge on any atom is -0.465 e. The number of esters is 1. The van der Waals surface area contributed by atoms with Crippen LogP contribution >= 0.6 is 11.6 Å². The predicted octanol–water partition coefficient (Wildman–Crippen LogP) is 3.27. The maximum atomic E-state index is 14.2. The fourth-order valence-corrected chi connectivity index (χ4v) is 6.21. The summed E-state index contributed by atoms with van der Waals surface area (Å²) >= 11 is 6.08. The molecule has 198 valence electrons. The lowest BCUT2D eigenvalue weighted by Gasteiger charge is -2.35. The fourth-order valence-electron chi connectivity index (χ4n) is 6.08. The number of hydrogen-bond acceptors (Lipinski definition) is 6. The van der Waals surface area contributed by atoms with Gasteiger partial charge in [-0.25, -0.2) is 0 Å². The first-order valence-corrected chi connectivity index (χ1v) is 13.5. The van der Waals surface area contributed by atoms with E-state index in [0.717, 1.165) is 19.3 Å². The van der Waals surface area contributed by atoms with Gasteiger partial charge in [0.05, 0.1) is 18.6 Å². The molecule has 2 amide bonds. The number of rotatable bonds is 6. The summed E-state index contributed by atoms with van der Waals surface area (Å²) in [4.78, 5) is 44.8. The second kappa shape index (κ2) is 11.0. The number of unbranched alkanes of at least 4 members (excludes halogenated alkanes) is 2. The van der Waals surface area contributed by atoms with Crippen LogP contribution in [0, 0.1) is 11.8 Å². The van der Waals surface area contributed by atoms with Gasteiger partial charge in [-0.1, -0.05) is 35.9 Å². The van der Waals surface area contributed by atoms with E-state index in [0.29, 0.717) is 49.7 Å². The van der Waals surface area contributed by atoms with Crippen molar-refractivity contribution in [1.29, 1.82) is 0 Å².